The molecule has 0 saturated heterocycles. The SMILES string of the molecule is CN(C)c1ccc(Nc2c(C#N)c(C(N)=O)nc3cc[c]cc23)cc1. The van der Waals surface area contributed by atoms with E-state index in [0.29, 0.717) is 16.6 Å². The summed E-state index contributed by atoms with van der Waals surface area (Å²) in [5, 5.41) is 13.5. The summed E-state index contributed by atoms with van der Waals surface area (Å²) < 4.78 is 0. The molecule has 0 atom stereocenters. The van der Waals surface area contributed by atoms with Crippen LogP contribution in [0.4, 0.5) is 17.1 Å². The van der Waals surface area contributed by atoms with Gasteiger partial charge in [-0.2, -0.15) is 5.26 Å². The number of amides is 1. The number of anilines is 3. The Hall–Kier alpha value is -3.59. The molecule has 3 N–H and O–H groups in total. The predicted octanol–water partition coefficient (Wildman–Crippen LogP) is 2.82. The standard InChI is InChI=1S/C19H16N5O/c1-24(2)13-9-7-12(8-10-13)22-17-14-5-3-4-6-16(14)23-18(19(21)25)15(17)11-20/h4-10H,1-2H3,(H2,21,25)(H,22,23). The summed E-state index contributed by atoms with van der Waals surface area (Å²) in [6.45, 7) is 0. The fraction of sp³-hybridized carbons (Fsp3) is 0.105. The maximum Gasteiger partial charge on any atom is 0.268 e. The van der Waals surface area contributed by atoms with Gasteiger partial charge in [0.25, 0.3) is 5.91 Å². The van der Waals surface area contributed by atoms with E-state index in [1.165, 1.54) is 0 Å². The molecule has 3 rings (SSSR count). The first-order valence-electron chi connectivity index (χ1n) is 7.59. The molecular formula is C19H16N5O. The maximum atomic E-state index is 11.7. The van der Waals surface area contributed by atoms with Gasteiger partial charge in [-0.05, 0) is 42.5 Å². The summed E-state index contributed by atoms with van der Waals surface area (Å²) in [7, 11) is 3.92. The zero-order valence-corrected chi connectivity index (χ0v) is 13.9. The number of carbonyl (C=O) groups is 1. The van der Waals surface area contributed by atoms with Crippen LogP contribution >= 0.6 is 0 Å². The Bertz CT molecular complexity index is 987. The van der Waals surface area contributed by atoms with Gasteiger partial charge in [0.15, 0.2) is 0 Å². The lowest BCUT2D eigenvalue weighted by atomic mass is 10.1. The number of rotatable bonds is 4. The topological polar surface area (TPSA) is 95.0 Å². The lowest BCUT2D eigenvalue weighted by molar-refractivity contribution is 0.0995. The summed E-state index contributed by atoms with van der Waals surface area (Å²) >= 11 is 0. The number of nitrogens with one attached hydrogen (secondary N) is 1. The molecule has 123 valence electrons. The van der Waals surface area contributed by atoms with E-state index in [1.807, 2.05) is 49.3 Å². The molecule has 25 heavy (non-hydrogen) atoms. The fourth-order valence-electron chi connectivity index (χ4n) is 2.55. The highest BCUT2D eigenvalue weighted by molar-refractivity contribution is 6.04. The molecule has 1 heterocycles. The van der Waals surface area contributed by atoms with Gasteiger partial charge in [0.05, 0.1) is 11.2 Å². The van der Waals surface area contributed by atoms with Crippen molar-refractivity contribution in [3.8, 4) is 6.07 Å². The number of pyridine rings is 1. The molecular weight excluding hydrogens is 314 g/mol. The minimum absolute atomic E-state index is 0.0476. The van der Waals surface area contributed by atoms with Crippen LogP contribution in [0.25, 0.3) is 10.9 Å². The van der Waals surface area contributed by atoms with Gasteiger partial charge in [0.2, 0.25) is 0 Å². The first-order valence-corrected chi connectivity index (χ1v) is 7.59. The van der Waals surface area contributed by atoms with Crippen LogP contribution in [0.1, 0.15) is 16.1 Å². The van der Waals surface area contributed by atoms with Crippen LogP contribution in [0.15, 0.2) is 42.5 Å². The number of carbonyl (C=O) groups excluding carboxylic acids is 1. The summed E-state index contributed by atoms with van der Waals surface area (Å²) in [6.07, 6.45) is 0. The minimum atomic E-state index is -0.739. The van der Waals surface area contributed by atoms with Crippen molar-refractivity contribution in [3.05, 3.63) is 59.8 Å². The van der Waals surface area contributed by atoms with E-state index in [4.69, 9.17) is 5.73 Å². The number of nitrogens with zero attached hydrogens (tertiary/aromatic N) is 3. The van der Waals surface area contributed by atoms with Crippen molar-refractivity contribution >= 4 is 33.9 Å². The molecule has 1 radical (unpaired) electrons. The highest BCUT2D eigenvalue weighted by Gasteiger charge is 2.18. The molecule has 2 aromatic carbocycles. The summed E-state index contributed by atoms with van der Waals surface area (Å²) in [5.41, 5.74) is 8.38. The Morgan fingerprint density at radius 3 is 2.60 bits per heavy atom. The molecule has 0 aliphatic carbocycles. The number of primary amides is 1. The molecule has 0 bridgehead atoms. The van der Waals surface area contributed by atoms with Gasteiger partial charge < -0.3 is 16.0 Å². The maximum absolute atomic E-state index is 11.7. The molecule has 6 heteroatoms. The number of benzene rings is 2. The van der Waals surface area contributed by atoms with Crippen LogP contribution in [-0.2, 0) is 0 Å². The molecule has 3 aromatic rings. The van der Waals surface area contributed by atoms with Crippen molar-refractivity contribution < 1.29 is 4.79 Å². The van der Waals surface area contributed by atoms with Crippen LogP contribution in [0.3, 0.4) is 0 Å². The summed E-state index contributed by atoms with van der Waals surface area (Å²) in [4.78, 5) is 17.9. The average Bonchev–Trinajstić information content (AvgIpc) is 2.61. The van der Waals surface area contributed by atoms with Gasteiger partial charge in [-0.1, -0.05) is 6.07 Å². The third-order valence-electron chi connectivity index (χ3n) is 3.83. The van der Waals surface area contributed by atoms with E-state index in [9.17, 15) is 10.1 Å². The Kier molecular flexibility index (Phi) is 4.23. The van der Waals surface area contributed by atoms with E-state index < -0.39 is 5.91 Å². The largest absolute Gasteiger partial charge is 0.378 e. The molecule has 0 aliphatic rings. The van der Waals surface area contributed by atoms with Gasteiger partial charge in [-0.15, -0.1) is 0 Å². The second-order valence-corrected chi connectivity index (χ2v) is 5.70. The molecule has 0 saturated carbocycles. The number of nitriles is 1. The quantitative estimate of drug-likeness (QED) is 0.767. The van der Waals surface area contributed by atoms with E-state index in [-0.39, 0.29) is 11.3 Å². The van der Waals surface area contributed by atoms with Crippen molar-refractivity contribution in [2.75, 3.05) is 24.3 Å². The Balaban J connectivity index is 2.16. The van der Waals surface area contributed by atoms with Gasteiger partial charge in [0, 0.05) is 30.9 Å². The predicted molar refractivity (Wildman–Crippen MR) is 97.9 cm³/mol. The number of hydrogen-bond acceptors (Lipinski definition) is 5. The Morgan fingerprint density at radius 1 is 1.28 bits per heavy atom. The molecule has 0 spiro atoms. The normalized spacial score (nSPS) is 10.3. The lowest BCUT2D eigenvalue weighted by Crippen LogP contribution is -2.16. The van der Waals surface area contributed by atoms with Gasteiger partial charge in [0.1, 0.15) is 17.3 Å². The molecule has 1 amide bonds. The number of nitrogens with two attached hydrogens (primary N) is 1. The average molecular weight is 330 g/mol. The Morgan fingerprint density at radius 2 is 2.00 bits per heavy atom. The second-order valence-electron chi connectivity index (χ2n) is 5.70. The monoisotopic (exact) mass is 330 g/mol. The van der Waals surface area contributed by atoms with Gasteiger partial charge in [-0.3, -0.25) is 4.79 Å². The molecule has 0 aliphatic heterocycles. The number of aromatic nitrogens is 1. The highest BCUT2D eigenvalue weighted by Crippen LogP contribution is 2.31. The van der Waals surface area contributed by atoms with Crippen molar-refractivity contribution in [1.29, 1.82) is 5.26 Å². The van der Waals surface area contributed by atoms with E-state index in [2.05, 4.69) is 16.4 Å². The number of fused-ring (bicyclic) bond motifs is 1. The van der Waals surface area contributed by atoms with Crippen molar-refractivity contribution in [1.82, 2.24) is 4.98 Å². The van der Waals surface area contributed by atoms with Gasteiger partial charge in [-0.25, -0.2) is 4.98 Å². The third-order valence-corrected chi connectivity index (χ3v) is 3.83. The van der Waals surface area contributed by atoms with E-state index in [1.54, 1.807) is 18.2 Å². The van der Waals surface area contributed by atoms with E-state index >= 15 is 0 Å². The second kappa shape index (κ2) is 6.49. The first-order chi connectivity index (χ1) is 12.0. The zero-order chi connectivity index (χ0) is 18.0. The molecule has 0 unspecified atom stereocenters. The van der Waals surface area contributed by atoms with Crippen molar-refractivity contribution in [2.45, 2.75) is 0 Å². The molecule has 0 fully saturated rings. The van der Waals surface area contributed by atoms with E-state index in [0.717, 1.165) is 11.4 Å². The minimum Gasteiger partial charge on any atom is -0.378 e. The fourth-order valence-corrected chi connectivity index (χ4v) is 2.55. The zero-order valence-electron chi connectivity index (χ0n) is 13.9. The van der Waals surface area contributed by atoms with Crippen LogP contribution in [0.2, 0.25) is 0 Å². The Labute approximate surface area is 145 Å². The van der Waals surface area contributed by atoms with Crippen molar-refractivity contribution in [2.24, 2.45) is 5.73 Å². The van der Waals surface area contributed by atoms with Crippen LogP contribution in [-0.4, -0.2) is 25.0 Å². The van der Waals surface area contributed by atoms with Crippen LogP contribution in [0.5, 0.6) is 0 Å². The van der Waals surface area contributed by atoms with Crippen LogP contribution in [0, 0.1) is 17.4 Å². The highest BCUT2D eigenvalue weighted by atomic mass is 16.1. The first kappa shape index (κ1) is 16.3. The lowest BCUT2D eigenvalue weighted by Gasteiger charge is -2.15. The molecule has 6 nitrogen and oxygen atoms in total. The summed E-state index contributed by atoms with van der Waals surface area (Å²) in [5.74, 6) is -0.739. The third kappa shape index (κ3) is 3.08. The summed E-state index contributed by atoms with van der Waals surface area (Å²) in [6, 6.07) is 17.9. The number of hydrogen-bond donors (Lipinski definition) is 2. The van der Waals surface area contributed by atoms with Crippen molar-refractivity contribution in [3.63, 3.8) is 0 Å². The van der Waals surface area contributed by atoms with Crippen LogP contribution < -0.4 is 16.0 Å². The van der Waals surface area contributed by atoms with Gasteiger partial charge >= 0.3 is 0 Å². The molecule has 1 aromatic heterocycles. The smallest absolute Gasteiger partial charge is 0.268 e.